The molecule has 0 aromatic rings. The van der Waals surface area contributed by atoms with E-state index in [0.29, 0.717) is 0 Å². The van der Waals surface area contributed by atoms with E-state index in [1.54, 1.807) is 0 Å². The highest BCUT2D eigenvalue weighted by Crippen LogP contribution is 2.22. The Morgan fingerprint density at radius 2 is 0.931 bits per heavy atom. The molecule has 5 nitrogen and oxygen atoms in total. The zero-order chi connectivity index (χ0) is 23.4. The first-order valence-electron chi connectivity index (χ1n) is 11.1. The average Bonchev–Trinajstić information content (AvgIpc) is 2.69. The van der Waals surface area contributed by atoms with Gasteiger partial charge < -0.3 is 23.3 Å². The molecule has 0 heterocycles. The maximum Gasteiger partial charge on any atom is 0.110 e. The van der Waals surface area contributed by atoms with Gasteiger partial charge in [-0.2, -0.15) is 0 Å². The smallest absolute Gasteiger partial charge is 0.110 e. The van der Waals surface area contributed by atoms with Crippen LogP contribution in [0.5, 0.6) is 0 Å². The third-order valence-corrected chi connectivity index (χ3v) is 6.11. The van der Waals surface area contributed by atoms with E-state index in [9.17, 15) is 4.20 Å². The van der Waals surface area contributed by atoms with E-state index >= 15 is 0 Å². The minimum atomic E-state index is -5.64. The van der Waals surface area contributed by atoms with E-state index < -0.39 is 7.91 Å². The van der Waals surface area contributed by atoms with E-state index in [-0.39, 0.29) is 0 Å². The molecule has 0 amide bonds. The van der Waals surface area contributed by atoms with Crippen LogP contribution in [0.15, 0.2) is 25.3 Å². The molecule has 0 bridgehead atoms. The van der Waals surface area contributed by atoms with E-state index in [1.807, 2.05) is 12.2 Å². The van der Waals surface area contributed by atoms with Crippen LogP contribution in [0, 0.1) is 0 Å². The Morgan fingerprint density at radius 1 is 0.724 bits per heavy atom. The summed E-state index contributed by atoms with van der Waals surface area (Å²) in [6, 6.07) is 0. The number of nitrogens with zero attached hydrogens (tertiary/aromatic N) is 2. The van der Waals surface area contributed by atoms with E-state index in [2.05, 4.69) is 54.7 Å². The monoisotopic (exact) mass is 438 g/mol. The summed E-state index contributed by atoms with van der Waals surface area (Å²) in [4.78, 5) is 16.9. The van der Waals surface area contributed by atoms with Crippen LogP contribution >= 0.6 is 7.91 Å². The van der Waals surface area contributed by atoms with Crippen molar-refractivity contribution in [3.05, 3.63) is 25.3 Å². The molecule has 176 valence electrons. The molecule has 0 N–H and O–H groups in total. The number of hydrogen-bond acceptors (Lipinski definition) is 3. The maximum atomic E-state index is 10.1. The minimum absolute atomic E-state index is 1.17. The number of allylic oxidation sites excluding steroid dienone is 2. The number of quaternary nitrogens is 2. The summed E-state index contributed by atoms with van der Waals surface area (Å²) in [7, 11) is -5.64. The second-order valence-electron chi connectivity index (χ2n) is 7.32. The first kappa shape index (κ1) is 33.1. The molecule has 0 atom stereocenters. The average molecular weight is 439 g/mol. The van der Waals surface area contributed by atoms with Crippen LogP contribution < -0.4 is 9.79 Å². The second kappa shape index (κ2) is 19.4. The normalized spacial score (nSPS) is 11.6. The van der Waals surface area contributed by atoms with Gasteiger partial charge in [0.1, 0.15) is 7.91 Å². The van der Waals surface area contributed by atoms with Crippen molar-refractivity contribution in [3.8, 4) is 0 Å². The first-order chi connectivity index (χ1) is 13.5. The molecule has 0 unspecified atom stereocenters. The lowest BCUT2D eigenvalue weighted by Gasteiger charge is -2.35. The highest BCUT2D eigenvalue weighted by Gasteiger charge is 2.19. The summed E-state index contributed by atoms with van der Waals surface area (Å²) in [5, 5.41) is 0. The van der Waals surface area contributed by atoms with E-state index in [4.69, 9.17) is 14.4 Å². The Labute approximate surface area is 180 Å². The van der Waals surface area contributed by atoms with Gasteiger partial charge in [-0.05, 0) is 54.4 Å². The molecule has 0 saturated heterocycles. The summed E-state index contributed by atoms with van der Waals surface area (Å²) in [6.45, 7) is 31.5. The molecule has 0 aliphatic rings. The van der Waals surface area contributed by atoms with Crippen molar-refractivity contribution in [3.63, 3.8) is 0 Å². The molecular weight excluding hydrogens is 390 g/mol. The van der Waals surface area contributed by atoms with Crippen LogP contribution in [0.25, 0.3) is 0 Å². The zero-order valence-electron chi connectivity index (χ0n) is 20.0. The first-order valence-corrected chi connectivity index (χ1v) is 12.6. The molecule has 0 radical (unpaired) electrons. The standard InChI is InChI=1S/2C11H24N.FH2O3P/c2*1-5-9-10-11-12(6-2,7-3)8-4;1-5(2,3)4/h2*5H,1,6-11H2,2-4H3;(H2,2,3,4)/q2*+1;/p-2. The van der Waals surface area contributed by atoms with Crippen LogP contribution in [-0.4, -0.2) is 61.3 Å². The highest BCUT2D eigenvalue weighted by molar-refractivity contribution is 7.42. The predicted molar refractivity (Wildman–Crippen MR) is 121 cm³/mol. The number of hydrogen-bond donors (Lipinski definition) is 0. The lowest BCUT2D eigenvalue weighted by atomic mass is 10.2. The number of rotatable bonds is 14. The second-order valence-corrected chi connectivity index (χ2v) is 8.18. The van der Waals surface area contributed by atoms with Gasteiger partial charge in [0.05, 0.1) is 52.4 Å². The van der Waals surface area contributed by atoms with Gasteiger partial charge in [0.15, 0.2) is 0 Å². The Bertz CT molecular complexity index is 379. The van der Waals surface area contributed by atoms with Gasteiger partial charge in [-0.25, -0.2) is 4.20 Å². The van der Waals surface area contributed by atoms with Crippen LogP contribution in [0.2, 0.25) is 0 Å². The molecule has 0 aromatic heterocycles. The highest BCUT2D eigenvalue weighted by atomic mass is 31.2. The third kappa shape index (κ3) is 20.5. The van der Waals surface area contributed by atoms with Crippen LogP contribution in [0.4, 0.5) is 4.20 Å². The maximum absolute atomic E-state index is 10.1. The quantitative estimate of drug-likeness (QED) is 0.174. The van der Waals surface area contributed by atoms with Crippen molar-refractivity contribution in [1.29, 1.82) is 0 Å². The fourth-order valence-electron chi connectivity index (χ4n) is 3.43. The van der Waals surface area contributed by atoms with Gasteiger partial charge in [-0.3, -0.25) is 0 Å². The summed E-state index contributed by atoms with van der Waals surface area (Å²) < 4.78 is 21.1. The fourth-order valence-corrected chi connectivity index (χ4v) is 3.43. The zero-order valence-corrected chi connectivity index (χ0v) is 20.9. The summed E-state index contributed by atoms with van der Waals surface area (Å²) in [5.41, 5.74) is 0. The van der Waals surface area contributed by atoms with Crippen molar-refractivity contribution >= 4 is 7.91 Å². The van der Waals surface area contributed by atoms with Gasteiger partial charge in [0, 0.05) is 12.8 Å². The van der Waals surface area contributed by atoms with Gasteiger partial charge in [0.25, 0.3) is 0 Å². The molecule has 0 aromatic carbocycles. The van der Waals surface area contributed by atoms with Crippen molar-refractivity contribution in [1.82, 2.24) is 0 Å². The summed E-state index contributed by atoms with van der Waals surface area (Å²) >= 11 is 0. The van der Waals surface area contributed by atoms with Crippen molar-refractivity contribution in [2.24, 2.45) is 0 Å². The molecule has 0 fully saturated rings. The van der Waals surface area contributed by atoms with Crippen molar-refractivity contribution in [2.45, 2.75) is 67.2 Å². The molecule has 7 heteroatoms. The molecule has 0 aliphatic heterocycles. The lowest BCUT2D eigenvalue weighted by Crippen LogP contribution is -2.48. The van der Waals surface area contributed by atoms with Gasteiger partial charge in [-0.15, -0.1) is 13.2 Å². The minimum Gasteiger partial charge on any atom is -0.786 e. The number of halogens is 1. The molecule has 0 aliphatic carbocycles. The Kier molecular flexibility index (Phi) is 22.2. The Balaban J connectivity index is -0.000000380. The fraction of sp³-hybridized carbons (Fsp3) is 0.818. The van der Waals surface area contributed by atoms with Gasteiger partial charge in [-0.1, -0.05) is 12.2 Å². The van der Waals surface area contributed by atoms with Gasteiger partial charge in [0.2, 0.25) is 0 Å². The molecular formula is C22H48FN2O3P. The van der Waals surface area contributed by atoms with Crippen molar-refractivity contribution < 1.29 is 27.5 Å². The van der Waals surface area contributed by atoms with Crippen LogP contribution in [-0.2, 0) is 4.57 Å². The van der Waals surface area contributed by atoms with Gasteiger partial charge >= 0.3 is 0 Å². The van der Waals surface area contributed by atoms with Crippen LogP contribution in [0.3, 0.4) is 0 Å². The number of unbranched alkanes of at least 4 members (excludes halogenated alkanes) is 2. The topological polar surface area (TPSA) is 63.2 Å². The van der Waals surface area contributed by atoms with E-state index in [1.165, 1.54) is 87.0 Å². The van der Waals surface area contributed by atoms with Crippen molar-refractivity contribution in [2.75, 3.05) is 52.4 Å². The largest absolute Gasteiger partial charge is 0.786 e. The summed E-state index contributed by atoms with van der Waals surface area (Å²) in [5.74, 6) is 0. The third-order valence-electron chi connectivity index (χ3n) is 6.11. The Morgan fingerprint density at radius 3 is 1.07 bits per heavy atom. The predicted octanol–water partition coefficient (Wildman–Crippen LogP) is 4.44. The molecule has 0 saturated carbocycles. The SMILES string of the molecule is C=CCCC[N+](CC)(CC)CC.C=CCCC[N+](CC)(CC)CC.O=P([O-])([O-])F. The molecule has 0 spiro atoms. The molecule has 29 heavy (non-hydrogen) atoms. The van der Waals surface area contributed by atoms with E-state index in [0.717, 1.165) is 0 Å². The summed E-state index contributed by atoms with van der Waals surface area (Å²) in [6.07, 6.45) is 8.96. The molecule has 0 rings (SSSR count). The lowest BCUT2D eigenvalue weighted by molar-refractivity contribution is -0.923. The Hall–Kier alpha value is -0.520. The van der Waals surface area contributed by atoms with Crippen LogP contribution in [0.1, 0.15) is 67.2 Å².